The van der Waals surface area contributed by atoms with Gasteiger partial charge in [-0.3, -0.25) is 4.79 Å². The fourth-order valence-corrected chi connectivity index (χ4v) is 5.11. The molecule has 1 aliphatic carbocycles. The highest BCUT2D eigenvalue weighted by Gasteiger charge is 2.32. The van der Waals surface area contributed by atoms with E-state index in [9.17, 15) is 13.2 Å². The topological polar surface area (TPSA) is 54.5 Å². The Kier molecular flexibility index (Phi) is 5.45. The Morgan fingerprint density at radius 3 is 2.38 bits per heavy atom. The number of amides is 1. The molecular weight excluding hydrogens is 390 g/mol. The van der Waals surface area contributed by atoms with Crippen molar-refractivity contribution in [2.75, 3.05) is 10.7 Å². The lowest BCUT2D eigenvalue weighted by atomic mass is 9.86. The van der Waals surface area contributed by atoms with Gasteiger partial charge in [0.2, 0.25) is 5.91 Å². The average Bonchev–Trinajstić information content (AvgIpc) is 2.90. The predicted octanol–water partition coefficient (Wildman–Crippen LogP) is 4.06. The van der Waals surface area contributed by atoms with Gasteiger partial charge < -0.3 is 4.90 Å². The molecule has 4 nitrogen and oxygen atoms in total. The molecule has 0 unspecified atom stereocenters. The number of hydrogen-bond donors (Lipinski definition) is 0. The number of sulfone groups is 1. The second kappa shape index (κ2) is 7.40. The molecule has 0 bridgehead atoms. The summed E-state index contributed by atoms with van der Waals surface area (Å²) >= 11 is 3.40. The maximum absolute atomic E-state index is 13.0. The highest BCUT2D eigenvalue weighted by molar-refractivity contribution is 9.10. The van der Waals surface area contributed by atoms with Crippen LogP contribution in [0.3, 0.4) is 0 Å². The Bertz CT molecular complexity index is 721. The molecule has 0 saturated heterocycles. The van der Waals surface area contributed by atoms with E-state index in [1.165, 1.54) is 24.7 Å². The molecule has 24 heavy (non-hydrogen) atoms. The van der Waals surface area contributed by atoms with E-state index in [0.717, 1.165) is 23.0 Å². The van der Waals surface area contributed by atoms with E-state index in [-0.39, 0.29) is 11.7 Å². The van der Waals surface area contributed by atoms with Gasteiger partial charge in [-0.25, -0.2) is 8.42 Å². The molecule has 1 aromatic carbocycles. The number of anilines is 1. The van der Waals surface area contributed by atoms with Crippen molar-refractivity contribution >= 4 is 37.4 Å². The number of carbonyl (C=O) groups excluding carboxylic acids is 1. The van der Waals surface area contributed by atoms with E-state index in [1.807, 2.05) is 24.3 Å². The summed E-state index contributed by atoms with van der Waals surface area (Å²) < 4.78 is 24.6. The van der Waals surface area contributed by atoms with Crippen molar-refractivity contribution in [1.82, 2.24) is 0 Å². The molecule has 1 heterocycles. The van der Waals surface area contributed by atoms with Crippen molar-refractivity contribution in [3.05, 3.63) is 40.2 Å². The normalized spacial score (nSPS) is 23.3. The molecule has 1 aliphatic heterocycles. The molecule has 0 aromatic heterocycles. The second-order valence-corrected chi connectivity index (χ2v) is 9.52. The molecule has 0 radical (unpaired) electrons. The van der Waals surface area contributed by atoms with Crippen molar-refractivity contribution in [2.24, 2.45) is 5.92 Å². The minimum atomic E-state index is -3.21. The molecule has 1 amide bonds. The first-order valence-corrected chi connectivity index (χ1v) is 10.9. The standard InChI is InChI=1S/C18H22BrNO3S/c19-15-6-8-16(9-7-15)20(17-10-11-24(22,23)13-17)18(21)12-14-4-2-1-3-5-14/h6-11,14,17H,1-5,12-13H2/t17-/m1/s1. The van der Waals surface area contributed by atoms with Crippen molar-refractivity contribution < 1.29 is 13.2 Å². The van der Waals surface area contributed by atoms with Gasteiger partial charge in [-0.2, -0.15) is 0 Å². The third-order valence-corrected chi connectivity index (χ3v) is 6.71. The third kappa shape index (κ3) is 4.28. The van der Waals surface area contributed by atoms with Crippen LogP contribution in [0.15, 0.2) is 40.2 Å². The fourth-order valence-electron chi connectivity index (χ4n) is 3.58. The lowest BCUT2D eigenvalue weighted by Gasteiger charge is -2.30. The lowest BCUT2D eigenvalue weighted by molar-refractivity contribution is -0.120. The number of carbonyl (C=O) groups is 1. The molecule has 1 saturated carbocycles. The van der Waals surface area contributed by atoms with Crippen LogP contribution < -0.4 is 4.90 Å². The number of benzene rings is 1. The molecule has 130 valence electrons. The fraction of sp³-hybridized carbons (Fsp3) is 0.500. The van der Waals surface area contributed by atoms with Crippen LogP contribution in [0.1, 0.15) is 38.5 Å². The van der Waals surface area contributed by atoms with Gasteiger partial charge >= 0.3 is 0 Å². The summed E-state index contributed by atoms with van der Waals surface area (Å²) in [6, 6.07) is 7.07. The monoisotopic (exact) mass is 411 g/mol. The Balaban J connectivity index is 1.82. The molecule has 6 heteroatoms. The summed E-state index contributed by atoms with van der Waals surface area (Å²) in [6.45, 7) is 0. The first-order chi connectivity index (χ1) is 11.4. The highest BCUT2D eigenvalue weighted by atomic mass is 79.9. The van der Waals surface area contributed by atoms with Crippen molar-refractivity contribution in [3.8, 4) is 0 Å². The Morgan fingerprint density at radius 2 is 1.79 bits per heavy atom. The van der Waals surface area contributed by atoms with Gasteiger partial charge in [-0.1, -0.05) is 35.2 Å². The zero-order valence-electron chi connectivity index (χ0n) is 13.5. The first kappa shape index (κ1) is 17.7. The SMILES string of the molecule is O=C(CC1CCCCC1)N(c1ccc(Br)cc1)[C@@H]1C=CS(=O)(=O)C1. The second-order valence-electron chi connectivity index (χ2n) is 6.67. The summed E-state index contributed by atoms with van der Waals surface area (Å²) in [4.78, 5) is 14.6. The number of rotatable bonds is 4. The first-order valence-electron chi connectivity index (χ1n) is 8.43. The van der Waals surface area contributed by atoms with Crippen LogP contribution in [0.5, 0.6) is 0 Å². The summed E-state index contributed by atoms with van der Waals surface area (Å²) in [5.74, 6) is 0.418. The maximum atomic E-state index is 13.0. The maximum Gasteiger partial charge on any atom is 0.227 e. The Hall–Kier alpha value is -1.14. The third-order valence-electron chi connectivity index (χ3n) is 4.80. The van der Waals surface area contributed by atoms with Gasteiger partial charge in [0.25, 0.3) is 0 Å². The smallest absolute Gasteiger partial charge is 0.227 e. The number of nitrogens with zero attached hydrogens (tertiary/aromatic N) is 1. The molecule has 1 atom stereocenters. The van der Waals surface area contributed by atoms with Gasteiger partial charge in [0.1, 0.15) is 0 Å². The van der Waals surface area contributed by atoms with Crippen LogP contribution >= 0.6 is 15.9 Å². The van der Waals surface area contributed by atoms with Crippen LogP contribution in [-0.4, -0.2) is 26.1 Å². The van der Waals surface area contributed by atoms with Gasteiger partial charge in [0, 0.05) is 22.0 Å². The van der Waals surface area contributed by atoms with Gasteiger partial charge in [-0.15, -0.1) is 0 Å². The zero-order valence-corrected chi connectivity index (χ0v) is 15.9. The van der Waals surface area contributed by atoms with Gasteiger partial charge in [-0.05, 0) is 49.1 Å². The summed E-state index contributed by atoms with van der Waals surface area (Å²) in [6.07, 6.45) is 7.96. The van der Waals surface area contributed by atoms with Crippen molar-refractivity contribution in [3.63, 3.8) is 0 Å². The van der Waals surface area contributed by atoms with Crippen molar-refractivity contribution in [1.29, 1.82) is 0 Å². The molecule has 2 aliphatic rings. The van der Waals surface area contributed by atoms with Gasteiger partial charge in [0.15, 0.2) is 9.84 Å². The lowest BCUT2D eigenvalue weighted by Crippen LogP contribution is -2.42. The zero-order chi connectivity index (χ0) is 17.2. The molecule has 0 N–H and O–H groups in total. The van der Waals surface area contributed by atoms with Gasteiger partial charge in [0.05, 0.1) is 11.8 Å². The van der Waals surface area contributed by atoms with Crippen LogP contribution in [0.25, 0.3) is 0 Å². The summed E-state index contributed by atoms with van der Waals surface area (Å²) in [5.41, 5.74) is 0.755. The molecule has 3 rings (SSSR count). The van der Waals surface area contributed by atoms with E-state index >= 15 is 0 Å². The molecular formula is C18H22BrNO3S. The predicted molar refractivity (Wildman–Crippen MR) is 99.5 cm³/mol. The minimum Gasteiger partial charge on any atom is -0.304 e. The summed E-state index contributed by atoms with van der Waals surface area (Å²) in [5, 5.41) is 1.23. The van der Waals surface area contributed by atoms with E-state index in [2.05, 4.69) is 15.9 Å². The summed E-state index contributed by atoms with van der Waals surface area (Å²) in [7, 11) is -3.21. The largest absolute Gasteiger partial charge is 0.304 e. The quantitative estimate of drug-likeness (QED) is 0.750. The van der Waals surface area contributed by atoms with Crippen LogP contribution in [0.4, 0.5) is 5.69 Å². The van der Waals surface area contributed by atoms with Crippen molar-refractivity contribution in [2.45, 2.75) is 44.6 Å². The van der Waals surface area contributed by atoms with E-state index < -0.39 is 15.9 Å². The molecule has 0 spiro atoms. The number of hydrogen-bond acceptors (Lipinski definition) is 3. The number of halogens is 1. The molecule has 1 aromatic rings. The van der Waals surface area contributed by atoms with E-state index in [1.54, 1.807) is 11.0 Å². The van der Waals surface area contributed by atoms with Crippen LogP contribution in [0.2, 0.25) is 0 Å². The average molecular weight is 412 g/mol. The highest BCUT2D eigenvalue weighted by Crippen LogP contribution is 2.30. The van der Waals surface area contributed by atoms with Crippen LogP contribution in [-0.2, 0) is 14.6 Å². The Morgan fingerprint density at radius 1 is 1.12 bits per heavy atom. The molecule has 1 fully saturated rings. The minimum absolute atomic E-state index is 0.0240. The van der Waals surface area contributed by atoms with E-state index in [4.69, 9.17) is 0 Å². The van der Waals surface area contributed by atoms with Crippen LogP contribution in [0, 0.1) is 5.92 Å². The Labute approximate surface area is 152 Å². The van der Waals surface area contributed by atoms with E-state index in [0.29, 0.717) is 12.3 Å².